The SMILES string of the molecule is CCc1cccc(CC)c1N(CN1CN=CN1)C(=O)CCl. The first kappa shape index (κ1) is 15.8. The summed E-state index contributed by atoms with van der Waals surface area (Å²) < 4.78 is 0. The van der Waals surface area contributed by atoms with E-state index < -0.39 is 0 Å². The number of alkyl halides is 1. The fourth-order valence-electron chi connectivity index (χ4n) is 2.47. The van der Waals surface area contributed by atoms with E-state index >= 15 is 0 Å². The quantitative estimate of drug-likeness (QED) is 0.819. The van der Waals surface area contributed by atoms with Gasteiger partial charge in [-0.1, -0.05) is 32.0 Å². The third kappa shape index (κ3) is 3.54. The third-order valence-electron chi connectivity index (χ3n) is 3.55. The van der Waals surface area contributed by atoms with Gasteiger partial charge in [-0.15, -0.1) is 11.6 Å². The van der Waals surface area contributed by atoms with E-state index in [1.807, 2.05) is 11.1 Å². The molecule has 0 atom stereocenters. The lowest BCUT2D eigenvalue weighted by Gasteiger charge is -2.30. The van der Waals surface area contributed by atoms with Gasteiger partial charge in [0.1, 0.15) is 12.5 Å². The van der Waals surface area contributed by atoms with Gasteiger partial charge in [-0.3, -0.25) is 14.7 Å². The van der Waals surface area contributed by atoms with Crippen LogP contribution in [0.1, 0.15) is 25.0 Å². The van der Waals surface area contributed by atoms with Crippen molar-refractivity contribution in [2.45, 2.75) is 26.7 Å². The van der Waals surface area contributed by atoms with Gasteiger partial charge < -0.3 is 5.43 Å². The summed E-state index contributed by atoms with van der Waals surface area (Å²) in [5.74, 6) is -0.128. The summed E-state index contributed by atoms with van der Waals surface area (Å²) >= 11 is 5.81. The minimum atomic E-state index is -0.0963. The molecule has 0 bridgehead atoms. The Kier molecular flexibility index (Phi) is 5.59. The van der Waals surface area contributed by atoms with Crippen LogP contribution in [0.4, 0.5) is 5.69 Å². The standard InChI is InChI=1S/C15H21ClN4O/c1-3-12-6-5-7-13(4-2)15(12)20(14(21)8-16)11-19-10-17-9-18-19/h5-7,9H,3-4,8,10-11H2,1-2H3,(H,17,18). The first-order valence-corrected chi connectivity index (χ1v) is 7.71. The zero-order valence-electron chi connectivity index (χ0n) is 12.5. The minimum Gasteiger partial charge on any atom is -0.306 e. The molecule has 0 unspecified atom stereocenters. The van der Waals surface area contributed by atoms with Gasteiger partial charge >= 0.3 is 0 Å². The van der Waals surface area contributed by atoms with Gasteiger partial charge in [0.15, 0.2) is 0 Å². The van der Waals surface area contributed by atoms with Gasteiger partial charge in [0.2, 0.25) is 5.91 Å². The molecular formula is C15H21ClN4O. The molecular weight excluding hydrogens is 288 g/mol. The number of hydrogen-bond donors (Lipinski definition) is 1. The average Bonchev–Trinajstić information content (AvgIpc) is 3.04. The number of hydrazine groups is 1. The molecule has 6 heteroatoms. The van der Waals surface area contributed by atoms with Crippen LogP contribution in [0.2, 0.25) is 0 Å². The van der Waals surface area contributed by atoms with Gasteiger partial charge in [-0.05, 0) is 24.0 Å². The maximum atomic E-state index is 12.3. The lowest BCUT2D eigenvalue weighted by molar-refractivity contribution is -0.116. The second kappa shape index (κ2) is 7.43. The molecule has 1 N–H and O–H groups in total. The Bertz CT molecular complexity index is 502. The summed E-state index contributed by atoms with van der Waals surface area (Å²) in [5, 5.41) is 1.87. The predicted octanol–water partition coefficient (Wildman–Crippen LogP) is 2.15. The van der Waals surface area contributed by atoms with E-state index in [2.05, 4.69) is 36.4 Å². The van der Waals surface area contributed by atoms with Crippen molar-refractivity contribution in [1.82, 2.24) is 10.4 Å². The molecule has 1 aromatic carbocycles. The molecule has 1 aromatic rings. The Balaban J connectivity index is 2.37. The minimum absolute atomic E-state index is 0.0318. The molecule has 1 aliphatic rings. The molecule has 0 radical (unpaired) electrons. The van der Waals surface area contributed by atoms with Crippen LogP contribution in [-0.4, -0.2) is 36.5 Å². The van der Waals surface area contributed by atoms with Crippen molar-refractivity contribution in [3.63, 3.8) is 0 Å². The number of aliphatic imine (C=N–C) groups is 1. The van der Waals surface area contributed by atoms with Crippen LogP contribution < -0.4 is 10.3 Å². The van der Waals surface area contributed by atoms with Crippen molar-refractivity contribution >= 4 is 29.5 Å². The molecule has 2 rings (SSSR count). The second-order valence-corrected chi connectivity index (χ2v) is 5.12. The largest absolute Gasteiger partial charge is 0.306 e. The number of amides is 1. The van der Waals surface area contributed by atoms with E-state index in [1.54, 1.807) is 11.2 Å². The van der Waals surface area contributed by atoms with Crippen LogP contribution in [-0.2, 0) is 17.6 Å². The zero-order chi connectivity index (χ0) is 15.2. The van der Waals surface area contributed by atoms with E-state index in [9.17, 15) is 4.79 Å². The Morgan fingerprint density at radius 1 is 1.38 bits per heavy atom. The van der Waals surface area contributed by atoms with Crippen molar-refractivity contribution in [1.29, 1.82) is 0 Å². The molecule has 1 aliphatic heterocycles. The molecule has 0 aliphatic carbocycles. The highest BCUT2D eigenvalue weighted by Gasteiger charge is 2.23. The number of nitrogens with one attached hydrogen (secondary N) is 1. The lowest BCUT2D eigenvalue weighted by Crippen LogP contribution is -2.46. The number of carbonyl (C=O) groups is 1. The summed E-state index contributed by atoms with van der Waals surface area (Å²) in [6.07, 6.45) is 3.38. The van der Waals surface area contributed by atoms with E-state index in [0.29, 0.717) is 13.3 Å². The van der Waals surface area contributed by atoms with Crippen molar-refractivity contribution in [2.24, 2.45) is 4.99 Å². The van der Waals surface area contributed by atoms with Crippen LogP contribution in [0, 0.1) is 0 Å². The second-order valence-electron chi connectivity index (χ2n) is 4.85. The van der Waals surface area contributed by atoms with Crippen LogP contribution in [0.25, 0.3) is 0 Å². The monoisotopic (exact) mass is 308 g/mol. The molecule has 1 amide bonds. The van der Waals surface area contributed by atoms with E-state index in [1.165, 1.54) is 0 Å². The molecule has 1 heterocycles. The fourth-order valence-corrected chi connectivity index (χ4v) is 2.61. The number of halogens is 1. The number of para-hydroxylation sites is 1. The van der Waals surface area contributed by atoms with Gasteiger partial charge in [0.05, 0.1) is 18.7 Å². The maximum Gasteiger partial charge on any atom is 0.243 e. The number of hydrogen-bond acceptors (Lipinski definition) is 4. The molecule has 0 saturated carbocycles. The highest BCUT2D eigenvalue weighted by molar-refractivity contribution is 6.29. The Morgan fingerprint density at radius 2 is 2.05 bits per heavy atom. The Morgan fingerprint density at radius 3 is 2.52 bits per heavy atom. The molecule has 0 fully saturated rings. The highest BCUT2D eigenvalue weighted by atomic mass is 35.5. The summed E-state index contributed by atoms with van der Waals surface area (Å²) in [6.45, 7) is 5.15. The summed E-state index contributed by atoms with van der Waals surface area (Å²) in [6, 6.07) is 6.18. The van der Waals surface area contributed by atoms with Crippen molar-refractivity contribution in [3.8, 4) is 0 Å². The molecule has 0 aromatic heterocycles. The first-order chi connectivity index (χ1) is 10.2. The molecule has 5 nitrogen and oxygen atoms in total. The van der Waals surface area contributed by atoms with Crippen LogP contribution in [0.3, 0.4) is 0 Å². The third-order valence-corrected chi connectivity index (χ3v) is 3.77. The highest BCUT2D eigenvalue weighted by Crippen LogP contribution is 2.27. The predicted molar refractivity (Wildman–Crippen MR) is 86.6 cm³/mol. The topological polar surface area (TPSA) is 47.9 Å². The average molecular weight is 309 g/mol. The van der Waals surface area contributed by atoms with E-state index in [0.717, 1.165) is 29.7 Å². The summed E-state index contributed by atoms with van der Waals surface area (Å²) in [4.78, 5) is 18.2. The van der Waals surface area contributed by atoms with Crippen molar-refractivity contribution in [2.75, 3.05) is 24.1 Å². The van der Waals surface area contributed by atoms with Crippen molar-refractivity contribution < 1.29 is 4.79 Å². The Labute approximate surface area is 130 Å². The fraction of sp³-hybridized carbons (Fsp3) is 0.467. The maximum absolute atomic E-state index is 12.3. The summed E-state index contributed by atoms with van der Waals surface area (Å²) in [5.41, 5.74) is 6.32. The van der Waals surface area contributed by atoms with Gasteiger partial charge in [0, 0.05) is 0 Å². The van der Waals surface area contributed by atoms with Gasteiger partial charge in [-0.2, -0.15) is 5.01 Å². The number of anilines is 1. The number of rotatable bonds is 6. The number of nitrogens with zero attached hydrogens (tertiary/aromatic N) is 3. The van der Waals surface area contributed by atoms with Gasteiger partial charge in [0.25, 0.3) is 0 Å². The number of aryl methyl sites for hydroxylation is 2. The van der Waals surface area contributed by atoms with Gasteiger partial charge in [-0.25, -0.2) is 0 Å². The normalized spacial score (nSPS) is 14.2. The smallest absolute Gasteiger partial charge is 0.243 e. The van der Waals surface area contributed by atoms with Crippen LogP contribution >= 0.6 is 11.6 Å². The molecule has 0 saturated heterocycles. The zero-order valence-corrected chi connectivity index (χ0v) is 13.2. The Hall–Kier alpha value is -1.59. The van der Waals surface area contributed by atoms with E-state index in [4.69, 9.17) is 11.6 Å². The van der Waals surface area contributed by atoms with Crippen molar-refractivity contribution in [3.05, 3.63) is 29.3 Å². The molecule has 21 heavy (non-hydrogen) atoms. The first-order valence-electron chi connectivity index (χ1n) is 7.17. The summed E-state index contributed by atoms with van der Waals surface area (Å²) in [7, 11) is 0. The number of benzene rings is 1. The molecule has 0 spiro atoms. The van der Waals surface area contributed by atoms with Crippen LogP contribution in [0.5, 0.6) is 0 Å². The number of carbonyl (C=O) groups excluding carboxylic acids is 1. The van der Waals surface area contributed by atoms with E-state index in [-0.39, 0.29) is 11.8 Å². The lowest BCUT2D eigenvalue weighted by atomic mass is 10.0. The van der Waals surface area contributed by atoms with Crippen LogP contribution in [0.15, 0.2) is 23.2 Å². The molecule has 114 valence electrons.